The first-order valence-corrected chi connectivity index (χ1v) is 5.84. The van der Waals surface area contributed by atoms with Crippen molar-refractivity contribution in [3.63, 3.8) is 0 Å². The van der Waals surface area contributed by atoms with E-state index >= 15 is 0 Å². The van der Waals surface area contributed by atoms with Crippen LogP contribution in [0.5, 0.6) is 0 Å². The van der Waals surface area contributed by atoms with Crippen LogP contribution in [-0.4, -0.2) is 41.3 Å². The Morgan fingerprint density at radius 2 is 2.17 bits per heavy atom. The highest BCUT2D eigenvalue weighted by Gasteiger charge is 2.18. The fourth-order valence-corrected chi connectivity index (χ4v) is 1.92. The molecule has 0 bridgehead atoms. The van der Waals surface area contributed by atoms with Gasteiger partial charge in [0.2, 0.25) is 0 Å². The maximum Gasteiger partial charge on any atom is 0.340 e. The molecule has 0 aliphatic heterocycles. The van der Waals surface area contributed by atoms with Crippen molar-refractivity contribution < 1.29 is 19.4 Å². The fraction of sp³-hybridized carbons (Fsp3) is 0.417. The molecule has 6 heteroatoms. The van der Waals surface area contributed by atoms with Crippen LogP contribution in [0.15, 0.2) is 12.1 Å². The van der Waals surface area contributed by atoms with Gasteiger partial charge in [0.1, 0.15) is 11.4 Å². The van der Waals surface area contributed by atoms with Crippen LogP contribution in [0.3, 0.4) is 0 Å². The highest BCUT2D eigenvalue weighted by Crippen LogP contribution is 2.25. The largest absolute Gasteiger partial charge is 0.478 e. The number of nitrogens with zero attached hydrogens (tertiary/aromatic N) is 1. The minimum Gasteiger partial charge on any atom is -0.478 e. The van der Waals surface area contributed by atoms with Gasteiger partial charge in [0.15, 0.2) is 0 Å². The lowest BCUT2D eigenvalue weighted by Crippen LogP contribution is -2.20. The minimum absolute atomic E-state index is 0.0710. The molecule has 0 spiro atoms. The van der Waals surface area contributed by atoms with Crippen LogP contribution in [0.25, 0.3) is 0 Å². The van der Waals surface area contributed by atoms with Crippen molar-refractivity contribution in [2.75, 3.05) is 20.2 Å². The smallest absolute Gasteiger partial charge is 0.340 e. The quantitative estimate of drug-likeness (QED) is 0.834. The summed E-state index contributed by atoms with van der Waals surface area (Å²) in [6.07, 6.45) is 0.612. The number of halogens is 2. The number of aromatic carboxylic acids is 1. The first-order valence-electron chi connectivity index (χ1n) is 5.47. The van der Waals surface area contributed by atoms with Gasteiger partial charge in [0.05, 0.1) is 5.02 Å². The van der Waals surface area contributed by atoms with E-state index in [2.05, 4.69) is 0 Å². The average molecular weight is 276 g/mol. The van der Waals surface area contributed by atoms with E-state index in [1.807, 2.05) is 11.9 Å². The highest BCUT2D eigenvalue weighted by molar-refractivity contribution is 6.34. The standard InChI is InChI=1S/C12H15ClFNO3/c1-15(5-2-6-16)7-8-3-4-9(14)10(11(8)13)12(17)18/h3-4,16H,2,5-7H2,1H3,(H,17,18). The van der Waals surface area contributed by atoms with E-state index in [0.717, 1.165) is 6.07 Å². The second kappa shape index (κ2) is 6.68. The molecule has 0 unspecified atom stereocenters. The Hall–Kier alpha value is -1.17. The first-order chi connectivity index (χ1) is 8.47. The summed E-state index contributed by atoms with van der Waals surface area (Å²) in [4.78, 5) is 12.8. The molecule has 0 amide bonds. The lowest BCUT2D eigenvalue weighted by Gasteiger charge is -2.17. The Morgan fingerprint density at radius 3 is 2.72 bits per heavy atom. The Balaban J connectivity index is 2.90. The topological polar surface area (TPSA) is 60.8 Å². The summed E-state index contributed by atoms with van der Waals surface area (Å²) in [7, 11) is 1.82. The molecular formula is C12H15ClFNO3. The van der Waals surface area contributed by atoms with Crippen LogP contribution in [0.2, 0.25) is 5.02 Å². The molecule has 0 heterocycles. The molecular weight excluding hydrogens is 261 g/mol. The maximum absolute atomic E-state index is 13.3. The van der Waals surface area contributed by atoms with Crippen molar-refractivity contribution >= 4 is 17.6 Å². The second-order valence-corrected chi connectivity index (χ2v) is 4.39. The number of benzene rings is 1. The third kappa shape index (κ3) is 3.66. The number of rotatable bonds is 6. The molecule has 0 aromatic heterocycles. The lowest BCUT2D eigenvalue weighted by atomic mass is 10.1. The van der Waals surface area contributed by atoms with E-state index in [9.17, 15) is 9.18 Å². The van der Waals surface area contributed by atoms with Crippen molar-refractivity contribution in [3.05, 3.63) is 34.1 Å². The molecule has 1 aromatic carbocycles. The van der Waals surface area contributed by atoms with Gasteiger partial charge in [-0.2, -0.15) is 0 Å². The number of aliphatic hydroxyl groups excluding tert-OH is 1. The van der Waals surface area contributed by atoms with E-state index in [1.54, 1.807) is 0 Å². The first kappa shape index (κ1) is 14.9. The van der Waals surface area contributed by atoms with Gasteiger partial charge >= 0.3 is 5.97 Å². The molecule has 0 fully saturated rings. The zero-order valence-corrected chi connectivity index (χ0v) is 10.7. The van der Waals surface area contributed by atoms with E-state index < -0.39 is 17.3 Å². The Labute approximate surface area is 110 Å². The molecule has 0 radical (unpaired) electrons. The second-order valence-electron chi connectivity index (χ2n) is 4.02. The summed E-state index contributed by atoms with van der Waals surface area (Å²) >= 11 is 5.89. The van der Waals surface area contributed by atoms with Gasteiger partial charge in [-0.1, -0.05) is 17.7 Å². The van der Waals surface area contributed by atoms with E-state index in [1.165, 1.54) is 6.07 Å². The summed E-state index contributed by atoms with van der Waals surface area (Å²) in [5.74, 6) is -2.22. The molecule has 4 nitrogen and oxygen atoms in total. The Bertz CT molecular complexity index is 440. The number of carboxylic acids is 1. The van der Waals surface area contributed by atoms with E-state index in [4.69, 9.17) is 21.8 Å². The van der Waals surface area contributed by atoms with Crippen LogP contribution in [0.1, 0.15) is 22.3 Å². The monoisotopic (exact) mass is 275 g/mol. The number of carboxylic acid groups (broad SMARTS) is 1. The van der Waals surface area contributed by atoms with Crippen molar-refractivity contribution in [1.82, 2.24) is 4.90 Å². The average Bonchev–Trinajstić information content (AvgIpc) is 2.30. The molecule has 1 rings (SSSR count). The summed E-state index contributed by atoms with van der Waals surface area (Å²) in [5, 5.41) is 17.5. The van der Waals surface area contributed by atoms with Crippen molar-refractivity contribution in [2.24, 2.45) is 0 Å². The molecule has 0 aliphatic carbocycles. The number of carbonyl (C=O) groups is 1. The highest BCUT2D eigenvalue weighted by atomic mass is 35.5. The van der Waals surface area contributed by atoms with Crippen molar-refractivity contribution in [3.8, 4) is 0 Å². The molecule has 0 atom stereocenters. The van der Waals surface area contributed by atoms with Crippen molar-refractivity contribution in [1.29, 1.82) is 0 Å². The fourth-order valence-electron chi connectivity index (χ4n) is 1.62. The van der Waals surface area contributed by atoms with Crippen LogP contribution in [0, 0.1) is 5.82 Å². The zero-order valence-electron chi connectivity index (χ0n) is 9.99. The molecule has 1 aromatic rings. The van der Waals surface area contributed by atoms with Gasteiger partial charge in [-0.15, -0.1) is 0 Å². The molecule has 100 valence electrons. The van der Waals surface area contributed by atoms with Crippen LogP contribution in [0.4, 0.5) is 4.39 Å². The van der Waals surface area contributed by atoms with Gasteiger partial charge < -0.3 is 15.1 Å². The number of hydrogen-bond acceptors (Lipinski definition) is 3. The zero-order chi connectivity index (χ0) is 13.7. The normalized spacial score (nSPS) is 10.9. The molecule has 0 aliphatic rings. The van der Waals surface area contributed by atoms with Gasteiger partial charge in [0.25, 0.3) is 0 Å². The van der Waals surface area contributed by atoms with E-state index in [0.29, 0.717) is 25.1 Å². The third-order valence-electron chi connectivity index (χ3n) is 2.52. The maximum atomic E-state index is 13.3. The molecule has 0 saturated carbocycles. The van der Waals surface area contributed by atoms with E-state index in [-0.39, 0.29) is 11.6 Å². The van der Waals surface area contributed by atoms with Gasteiger partial charge in [0, 0.05) is 19.7 Å². The van der Waals surface area contributed by atoms with Crippen LogP contribution < -0.4 is 0 Å². The predicted octanol–water partition coefficient (Wildman–Crippen LogP) is 1.99. The van der Waals surface area contributed by atoms with Gasteiger partial charge in [-0.3, -0.25) is 0 Å². The molecule has 18 heavy (non-hydrogen) atoms. The minimum atomic E-state index is -1.38. The Kier molecular flexibility index (Phi) is 5.53. The van der Waals surface area contributed by atoms with Crippen LogP contribution in [-0.2, 0) is 6.54 Å². The van der Waals surface area contributed by atoms with Gasteiger partial charge in [-0.05, 0) is 25.1 Å². The lowest BCUT2D eigenvalue weighted by molar-refractivity contribution is 0.0692. The summed E-state index contributed by atoms with van der Waals surface area (Å²) in [5.41, 5.74) is 0.0561. The van der Waals surface area contributed by atoms with Crippen molar-refractivity contribution in [2.45, 2.75) is 13.0 Å². The number of aliphatic hydroxyl groups is 1. The summed E-state index contributed by atoms with van der Waals surface area (Å²) < 4.78 is 13.3. The summed E-state index contributed by atoms with van der Waals surface area (Å²) in [6, 6.07) is 2.57. The van der Waals surface area contributed by atoms with Gasteiger partial charge in [-0.25, -0.2) is 9.18 Å². The summed E-state index contributed by atoms with van der Waals surface area (Å²) in [6.45, 7) is 1.13. The predicted molar refractivity (Wildman–Crippen MR) is 66.4 cm³/mol. The Morgan fingerprint density at radius 1 is 1.50 bits per heavy atom. The third-order valence-corrected chi connectivity index (χ3v) is 2.95. The SMILES string of the molecule is CN(CCCO)Cc1ccc(F)c(C(=O)O)c1Cl. The number of hydrogen-bond donors (Lipinski definition) is 2. The van der Waals surface area contributed by atoms with Crippen LogP contribution >= 0.6 is 11.6 Å². The molecule has 0 saturated heterocycles. The molecule has 2 N–H and O–H groups in total.